The predicted molar refractivity (Wildman–Crippen MR) is 48.9 cm³/mol. The van der Waals surface area contributed by atoms with E-state index in [0.29, 0.717) is 5.92 Å². The van der Waals surface area contributed by atoms with E-state index in [1.165, 1.54) is 5.57 Å². The van der Waals surface area contributed by atoms with Gasteiger partial charge in [-0.1, -0.05) is 32.1 Å². The molecule has 0 spiro atoms. The molecule has 1 aliphatic rings. The molecule has 1 aliphatic carbocycles. The number of nitrogens with two attached hydrogens (primary N) is 1. The Labute approximate surface area is 68.3 Å². The first kappa shape index (κ1) is 8.12. The second-order valence-electron chi connectivity index (χ2n) is 3.13. The van der Waals surface area contributed by atoms with Gasteiger partial charge in [-0.15, -0.1) is 0 Å². The van der Waals surface area contributed by atoms with Gasteiger partial charge in [0, 0.05) is 5.70 Å². The first-order valence-corrected chi connectivity index (χ1v) is 4.03. The molecule has 0 aliphatic heterocycles. The number of rotatable bonds is 1. The highest BCUT2D eigenvalue weighted by molar-refractivity contribution is 5.31. The van der Waals surface area contributed by atoms with Crippen LogP contribution in [0.5, 0.6) is 0 Å². The third kappa shape index (κ3) is 1.97. The van der Waals surface area contributed by atoms with Crippen molar-refractivity contribution in [1.29, 1.82) is 0 Å². The van der Waals surface area contributed by atoms with Crippen LogP contribution in [0.1, 0.15) is 20.3 Å². The molecule has 0 unspecified atom stereocenters. The maximum Gasteiger partial charge on any atom is 0.0311 e. The number of hydrogen-bond acceptors (Lipinski definition) is 1. The summed E-state index contributed by atoms with van der Waals surface area (Å²) in [5.74, 6) is 0.558. The van der Waals surface area contributed by atoms with Gasteiger partial charge in [0.15, 0.2) is 0 Å². The van der Waals surface area contributed by atoms with Crippen LogP contribution >= 0.6 is 0 Å². The van der Waals surface area contributed by atoms with Crippen molar-refractivity contribution in [3.63, 3.8) is 0 Å². The minimum Gasteiger partial charge on any atom is -0.399 e. The molecule has 2 N–H and O–H groups in total. The van der Waals surface area contributed by atoms with Gasteiger partial charge < -0.3 is 5.73 Å². The standard InChI is InChI=1S/C10H15N/c1-8(2)9-6-4-3-5-7-10(9)11/h3-5,7-8H,6,11H2,1-2H3. The summed E-state index contributed by atoms with van der Waals surface area (Å²) in [7, 11) is 0. The van der Waals surface area contributed by atoms with Gasteiger partial charge in [0.1, 0.15) is 0 Å². The van der Waals surface area contributed by atoms with Crippen molar-refractivity contribution < 1.29 is 0 Å². The maximum absolute atomic E-state index is 5.83. The summed E-state index contributed by atoms with van der Waals surface area (Å²) in [6.45, 7) is 4.35. The van der Waals surface area contributed by atoms with Crippen LogP contribution in [0.2, 0.25) is 0 Å². The molecule has 0 aromatic rings. The van der Waals surface area contributed by atoms with Gasteiger partial charge in [-0.3, -0.25) is 0 Å². The molecular formula is C10H15N. The van der Waals surface area contributed by atoms with Crippen LogP contribution in [-0.4, -0.2) is 0 Å². The highest BCUT2D eigenvalue weighted by Crippen LogP contribution is 2.19. The van der Waals surface area contributed by atoms with Crippen LogP contribution in [0.3, 0.4) is 0 Å². The lowest BCUT2D eigenvalue weighted by molar-refractivity contribution is 0.737. The van der Waals surface area contributed by atoms with Gasteiger partial charge in [0.05, 0.1) is 0 Å². The molecule has 1 rings (SSSR count). The SMILES string of the molecule is CC(C)C1=C(N)C=CC=CC1. The zero-order chi connectivity index (χ0) is 8.27. The molecular weight excluding hydrogens is 134 g/mol. The average molecular weight is 149 g/mol. The van der Waals surface area contributed by atoms with Crippen molar-refractivity contribution in [1.82, 2.24) is 0 Å². The quantitative estimate of drug-likeness (QED) is 0.608. The Kier molecular flexibility index (Phi) is 2.53. The molecule has 60 valence electrons. The molecule has 1 heteroatoms. The monoisotopic (exact) mass is 149 g/mol. The fraction of sp³-hybridized carbons (Fsp3) is 0.400. The predicted octanol–water partition coefficient (Wildman–Crippen LogP) is 2.37. The molecule has 0 amide bonds. The van der Waals surface area contributed by atoms with E-state index in [9.17, 15) is 0 Å². The van der Waals surface area contributed by atoms with Crippen LogP contribution in [0.4, 0.5) is 0 Å². The summed E-state index contributed by atoms with van der Waals surface area (Å²) < 4.78 is 0. The summed E-state index contributed by atoms with van der Waals surface area (Å²) in [4.78, 5) is 0. The zero-order valence-corrected chi connectivity index (χ0v) is 7.17. The van der Waals surface area contributed by atoms with E-state index in [2.05, 4.69) is 19.9 Å². The van der Waals surface area contributed by atoms with E-state index in [1.54, 1.807) is 0 Å². The van der Waals surface area contributed by atoms with E-state index in [4.69, 9.17) is 5.73 Å². The molecule has 11 heavy (non-hydrogen) atoms. The van der Waals surface area contributed by atoms with Gasteiger partial charge in [0.25, 0.3) is 0 Å². The van der Waals surface area contributed by atoms with Crippen LogP contribution in [0.15, 0.2) is 35.6 Å². The van der Waals surface area contributed by atoms with Gasteiger partial charge >= 0.3 is 0 Å². The topological polar surface area (TPSA) is 26.0 Å². The Morgan fingerprint density at radius 2 is 2.09 bits per heavy atom. The second-order valence-corrected chi connectivity index (χ2v) is 3.13. The van der Waals surface area contributed by atoms with Gasteiger partial charge in [-0.2, -0.15) is 0 Å². The van der Waals surface area contributed by atoms with Gasteiger partial charge in [-0.25, -0.2) is 0 Å². The Bertz CT molecular complexity index is 219. The lowest BCUT2D eigenvalue weighted by atomic mass is 9.98. The van der Waals surface area contributed by atoms with Crippen molar-refractivity contribution in [2.45, 2.75) is 20.3 Å². The average Bonchev–Trinajstić information content (AvgIpc) is 2.13. The van der Waals surface area contributed by atoms with Crippen molar-refractivity contribution in [3.8, 4) is 0 Å². The fourth-order valence-electron chi connectivity index (χ4n) is 1.23. The summed E-state index contributed by atoms with van der Waals surface area (Å²) in [6.07, 6.45) is 9.15. The molecule has 0 fully saturated rings. The summed E-state index contributed by atoms with van der Waals surface area (Å²) in [6, 6.07) is 0. The Morgan fingerprint density at radius 1 is 1.36 bits per heavy atom. The van der Waals surface area contributed by atoms with Crippen molar-refractivity contribution in [3.05, 3.63) is 35.6 Å². The molecule has 0 atom stereocenters. The molecule has 0 saturated heterocycles. The normalized spacial score (nSPS) is 17.7. The highest BCUT2D eigenvalue weighted by atomic mass is 14.6. The van der Waals surface area contributed by atoms with Crippen LogP contribution in [0, 0.1) is 5.92 Å². The molecule has 0 aromatic heterocycles. The fourth-order valence-corrected chi connectivity index (χ4v) is 1.23. The minimum atomic E-state index is 0.558. The molecule has 0 bridgehead atoms. The summed E-state index contributed by atoms with van der Waals surface area (Å²) in [5.41, 5.74) is 8.11. The van der Waals surface area contributed by atoms with Crippen molar-refractivity contribution >= 4 is 0 Å². The summed E-state index contributed by atoms with van der Waals surface area (Å²) in [5, 5.41) is 0. The van der Waals surface area contributed by atoms with Crippen LogP contribution < -0.4 is 5.73 Å². The highest BCUT2D eigenvalue weighted by Gasteiger charge is 2.05. The summed E-state index contributed by atoms with van der Waals surface area (Å²) >= 11 is 0. The second kappa shape index (κ2) is 3.42. The smallest absolute Gasteiger partial charge is 0.0311 e. The lowest BCUT2D eigenvalue weighted by Gasteiger charge is -2.10. The molecule has 0 radical (unpaired) electrons. The maximum atomic E-state index is 5.83. The zero-order valence-electron chi connectivity index (χ0n) is 7.17. The first-order valence-electron chi connectivity index (χ1n) is 4.03. The van der Waals surface area contributed by atoms with Crippen molar-refractivity contribution in [2.75, 3.05) is 0 Å². The third-order valence-corrected chi connectivity index (χ3v) is 1.93. The van der Waals surface area contributed by atoms with E-state index in [1.807, 2.05) is 18.2 Å². The lowest BCUT2D eigenvalue weighted by Crippen LogP contribution is -2.03. The Morgan fingerprint density at radius 3 is 2.73 bits per heavy atom. The van der Waals surface area contributed by atoms with Crippen molar-refractivity contribution in [2.24, 2.45) is 11.7 Å². The minimum absolute atomic E-state index is 0.558. The van der Waals surface area contributed by atoms with E-state index in [-0.39, 0.29) is 0 Å². The molecule has 0 heterocycles. The van der Waals surface area contributed by atoms with Gasteiger partial charge in [-0.05, 0) is 24.0 Å². The van der Waals surface area contributed by atoms with Crippen LogP contribution in [0.25, 0.3) is 0 Å². The largest absolute Gasteiger partial charge is 0.399 e. The first-order chi connectivity index (χ1) is 5.22. The van der Waals surface area contributed by atoms with Crippen LogP contribution in [-0.2, 0) is 0 Å². The van der Waals surface area contributed by atoms with E-state index >= 15 is 0 Å². The number of hydrogen-bond donors (Lipinski definition) is 1. The third-order valence-electron chi connectivity index (χ3n) is 1.93. The van der Waals surface area contributed by atoms with E-state index in [0.717, 1.165) is 12.1 Å². The molecule has 0 saturated carbocycles. The van der Waals surface area contributed by atoms with Gasteiger partial charge in [0.2, 0.25) is 0 Å². The Hall–Kier alpha value is -0.980. The molecule has 0 aromatic carbocycles. The van der Waals surface area contributed by atoms with E-state index < -0.39 is 0 Å². The number of allylic oxidation sites excluding steroid dienone is 5. The Balaban J connectivity index is 2.89. The molecule has 1 nitrogen and oxygen atoms in total.